The summed E-state index contributed by atoms with van der Waals surface area (Å²) in [6.07, 6.45) is 3.50. The van der Waals surface area contributed by atoms with Crippen LogP contribution in [0.4, 0.5) is 0 Å². The lowest BCUT2D eigenvalue weighted by Gasteiger charge is -2.49. The third-order valence-corrected chi connectivity index (χ3v) is 7.01. The summed E-state index contributed by atoms with van der Waals surface area (Å²) in [7, 11) is 0. The quantitative estimate of drug-likeness (QED) is 0.851. The second-order valence-corrected chi connectivity index (χ2v) is 8.08. The number of aliphatic hydroxyl groups is 1. The van der Waals surface area contributed by atoms with Crippen LogP contribution in [0.1, 0.15) is 45.0 Å². The third kappa shape index (κ3) is 1.27. The van der Waals surface area contributed by atoms with Gasteiger partial charge in [0.15, 0.2) is 0 Å². The molecule has 2 nitrogen and oxygen atoms in total. The fourth-order valence-corrected chi connectivity index (χ4v) is 5.88. The summed E-state index contributed by atoms with van der Waals surface area (Å²) in [4.78, 5) is 4.51. The first-order valence-electron chi connectivity index (χ1n) is 6.15. The maximum Gasteiger partial charge on any atom is 0.127 e. The van der Waals surface area contributed by atoms with Gasteiger partial charge in [-0.3, -0.25) is 0 Å². The molecule has 0 aliphatic heterocycles. The van der Waals surface area contributed by atoms with Gasteiger partial charge in [-0.2, -0.15) is 0 Å². The van der Waals surface area contributed by atoms with Gasteiger partial charge in [0.05, 0.1) is 0 Å². The van der Waals surface area contributed by atoms with E-state index in [4.69, 9.17) is 0 Å². The molecule has 17 heavy (non-hydrogen) atoms. The maximum atomic E-state index is 11.4. The van der Waals surface area contributed by atoms with Crippen molar-refractivity contribution in [3.05, 3.63) is 15.0 Å². The Morgan fingerprint density at radius 2 is 2.18 bits per heavy atom. The molecule has 0 radical (unpaired) electrons. The molecule has 0 aromatic carbocycles. The largest absolute Gasteiger partial charge is 0.382 e. The Balaban J connectivity index is 2.17. The van der Waals surface area contributed by atoms with Crippen molar-refractivity contribution in [1.82, 2.24) is 4.98 Å². The fourth-order valence-electron chi connectivity index (χ4n) is 4.21. The van der Waals surface area contributed by atoms with E-state index in [9.17, 15) is 5.11 Å². The summed E-state index contributed by atoms with van der Waals surface area (Å²) < 4.78 is 0.841. The summed E-state index contributed by atoms with van der Waals surface area (Å²) in [6, 6.07) is 0. The van der Waals surface area contributed by atoms with Gasteiger partial charge in [0.1, 0.15) is 15.2 Å². The number of aromatic nitrogens is 1. The first-order valence-corrected chi connectivity index (χ1v) is 7.82. The van der Waals surface area contributed by atoms with Crippen LogP contribution in [0, 0.1) is 16.7 Å². The molecule has 0 spiro atoms. The number of fused-ring (bicyclic) bond motifs is 2. The van der Waals surface area contributed by atoms with E-state index in [0.29, 0.717) is 5.92 Å². The summed E-state index contributed by atoms with van der Waals surface area (Å²) in [6.45, 7) is 6.64. The summed E-state index contributed by atoms with van der Waals surface area (Å²) in [5.74, 6) is 0.625. The monoisotopic (exact) mass is 315 g/mol. The molecule has 0 saturated heterocycles. The molecule has 4 heteroatoms. The van der Waals surface area contributed by atoms with Crippen LogP contribution in [0.5, 0.6) is 0 Å². The van der Waals surface area contributed by atoms with Gasteiger partial charge in [-0.1, -0.05) is 20.8 Å². The van der Waals surface area contributed by atoms with Gasteiger partial charge in [0.2, 0.25) is 0 Å². The van der Waals surface area contributed by atoms with Crippen molar-refractivity contribution < 1.29 is 5.11 Å². The highest BCUT2D eigenvalue weighted by molar-refractivity contribution is 9.10. The molecule has 1 N–H and O–H groups in total. The number of thiazole rings is 1. The zero-order valence-electron chi connectivity index (χ0n) is 10.5. The van der Waals surface area contributed by atoms with Gasteiger partial charge < -0.3 is 5.11 Å². The highest BCUT2D eigenvalue weighted by atomic mass is 79.9. The van der Waals surface area contributed by atoms with E-state index in [1.165, 1.54) is 6.42 Å². The van der Waals surface area contributed by atoms with Crippen molar-refractivity contribution in [2.45, 2.75) is 45.6 Å². The van der Waals surface area contributed by atoms with Gasteiger partial charge in [-0.25, -0.2) is 4.98 Å². The Bertz CT molecular complexity index is 465. The smallest absolute Gasteiger partial charge is 0.127 e. The lowest BCUT2D eigenvalue weighted by molar-refractivity contribution is -0.150. The predicted molar refractivity (Wildman–Crippen MR) is 72.9 cm³/mol. The van der Waals surface area contributed by atoms with Crippen LogP contribution in [0.3, 0.4) is 0 Å². The Morgan fingerprint density at radius 1 is 1.47 bits per heavy atom. The average Bonchev–Trinajstić information content (AvgIpc) is 2.86. The molecule has 2 fully saturated rings. The number of rotatable bonds is 1. The molecule has 2 aliphatic carbocycles. The highest BCUT2D eigenvalue weighted by Crippen LogP contribution is 2.71. The van der Waals surface area contributed by atoms with Crippen molar-refractivity contribution in [2.24, 2.45) is 16.7 Å². The van der Waals surface area contributed by atoms with E-state index in [1.54, 1.807) is 11.3 Å². The van der Waals surface area contributed by atoms with Gasteiger partial charge in [0, 0.05) is 16.2 Å². The number of halogens is 1. The van der Waals surface area contributed by atoms with Crippen LogP contribution in [0.2, 0.25) is 0 Å². The topological polar surface area (TPSA) is 33.1 Å². The molecular weight excluding hydrogens is 298 g/mol. The number of hydrogen-bond donors (Lipinski definition) is 1. The first-order chi connectivity index (χ1) is 7.81. The van der Waals surface area contributed by atoms with Crippen LogP contribution >= 0.6 is 27.3 Å². The van der Waals surface area contributed by atoms with Crippen LogP contribution in [-0.4, -0.2) is 10.1 Å². The maximum absolute atomic E-state index is 11.4. The fraction of sp³-hybridized carbons (Fsp3) is 0.769. The van der Waals surface area contributed by atoms with Crippen LogP contribution in [0.25, 0.3) is 0 Å². The number of nitrogens with zero attached hydrogens (tertiary/aromatic N) is 1. The normalized spacial score (nSPS) is 43.2. The molecule has 0 amide bonds. The second kappa shape index (κ2) is 3.34. The van der Waals surface area contributed by atoms with Gasteiger partial charge in [0.25, 0.3) is 0 Å². The Morgan fingerprint density at radius 3 is 2.65 bits per heavy atom. The van der Waals surface area contributed by atoms with Gasteiger partial charge in [-0.05, 0) is 41.1 Å². The lowest BCUT2D eigenvalue weighted by Crippen LogP contribution is -2.51. The minimum atomic E-state index is -0.764. The molecule has 1 heterocycles. The van der Waals surface area contributed by atoms with Crippen molar-refractivity contribution in [2.75, 3.05) is 0 Å². The van der Waals surface area contributed by atoms with E-state index < -0.39 is 5.60 Å². The van der Waals surface area contributed by atoms with Crippen LogP contribution in [0.15, 0.2) is 9.98 Å². The molecule has 3 unspecified atom stereocenters. The summed E-state index contributed by atoms with van der Waals surface area (Å²) in [5.41, 5.74) is -0.838. The third-order valence-electron chi connectivity index (χ3n) is 5.35. The van der Waals surface area contributed by atoms with Crippen molar-refractivity contribution in [3.63, 3.8) is 0 Å². The van der Waals surface area contributed by atoms with Crippen LogP contribution < -0.4 is 0 Å². The van der Waals surface area contributed by atoms with Crippen molar-refractivity contribution >= 4 is 27.3 Å². The molecule has 2 saturated carbocycles. The highest BCUT2D eigenvalue weighted by Gasteiger charge is 2.70. The van der Waals surface area contributed by atoms with Gasteiger partial charge >= 0.3 is 0 Å². The van der Waals surface area contributed by atoms with Gasteiger partial charge in [-0.15, -0.1) is 11.3 Å². The zero-order chi connectivity index (χ0) is 12.5. The molecule has 1 aromatic heterocycles. The van der Waals surface area contributed by atoms with E-state index in [-0.39, 0.29) is 10.8 Å². The second-order valence-electron chi connectivity index (χ2n) is 6.41. The SMILES string of the molecule is CC12CCC(C1)C(C)(C)C2(O)c1nc(Br)cs1. The Hall–Kier alpha value is 0.0700. The van der Waals surface area contributed by atoms with E-state index >= 15 is 0 Å². The molecule has 2 bridgehead atoms. The molecule has 3 rings (SSSR count). The predicted octanol–water partition coefficient (Wildman–Crippen LogP) is 3.94. The van der Waals surface area contributed by atoms with Crippen molar-refractivity contribution in [1.29, 1.82) is 0 Å². The molecule has 1 aromatic rings. The summed E-state index contributed by atoms with van der Waals surface area (Å²) in [5, 5.41) is 14.2. The molecule has 3 atom stereocenters. The van der Waals surface area contributed by atoms with E-state index in [1.807, 2.05) is 5.38 Å². The standard InChI is InChI=1S/C13H18BrNOS/c1-11(2)8-4-5-12(3,6-8)13(11,16)10-15-9(14)7-17-10/h7-8,16H,4-6H2,1-3H3. The zero-order valence-corrected chi connectivity index (χ0v) is 12.9. The molecule has 2 aliphatic rings. The number of hydrogen-bond acceptors (Lipinski definition) is 3. The minimum Gasteiger partial charge on any atom is -0.382 e. The minimum absolute atomic E-state index is 0.00153. The van der Waals surface area contributed by atoms with E-state index in [0.717, 1.165) is 22.5 Å². The van der Waals surface area contributed by atoms with E-state index in [2.05, 4.69) is 41.7 Å². The summed E-state index contributed by atoms with van der Waals surface area (Å²) >= 11 is 4.98. The van der Waals surface area contributed by atoms with Crippen LogP contribution in [-0.2, 0) is 5.60 Å². The lowest BCUT2D eigenvalue weighted by atomic mass is 9.60. The Kier molecular flexibility index (Phi) is 2.38. The van der Waals surface area contributed by atoms with Crippen molar-refractivity contribution in [3.8, 4) is 0 Å². The molecular formula is C13H18BrNOS. The molecule has 94 valence electrons. The average molecular weight is 316 g/mol. The first kappa shape index (κ1) is 12.1. The Labute approximate surface area is 115 Å².